The van der Waals surface area contributed by atoms with Gasteiger partial charge in [0.25, 0.3) is 0 Å². The van der Waals surface area contributed by atoms with E-state index in [-0.39, 0.29) is 18.4 Å². The van der Waals surface area contributed by atoms with E-state index in [1.807, 2.05) is 18.9 Å². The molecule has 0 saturated heterocycles. The lowest BCUT2D eigenvalue weighted by Gasteiger charge is -2.15. The Morgan fingerprint density at radius 2 is 1.76 bits per heavy atom. The van der Waals surface area contributed by atoms with Gasteiger partial charge in [0.15, 0.2) is 0 Å². The van der Waals surface area contributed by atoms with Crippen molar-refractivity contribution in [2.45, 2.75) is 33.1 Å². The molecule has 0 aromatic rings. The van der Waals surface area contributed by atoms with Crippen molar-refractivity contribution in [3.05, 3.63) is 0 Å². The van der Waals surface area contributed by atoms with Gasteiger partial charge in [-0.05, 0) is 26.4 Å². The van der Waals surface area contributed by atoms with E-state index < -0.39 is 0 Å². The number of hydrogen-bond acceptors (Lipinski definition) is 3. The molecule has 0 rings (SSSR count). The summed E-state index contributed by atoms with van der Waals surface area (Å²) in [5.74, 6) is -0.230. The highest BCUT2D eigenvalue weighted by atomic mass is 16.2. The summed E-state index contributed by atoms with van der Waals surface area (Å²) in [6, 6.07) is 0. The Balaban J connectivity index is 3.61. The largest absolute Gasteiger partial charge is 0.355 e. The molecule has 0 aliphatic rings. The molecule has 2 amide bonds. The molecule has 0 spiro atoms. The van der Waals surface area contributed by atoms with Gasteiger partial charge in [-0.3, -0.25) is 14.5 Å². The molecular formula is C12H25N3O2. The summed E-state index contributed by atoms with van der Waals surface area (Å²) in [6.07, 6.45) is 3.10. The lowest BCUT2D eigenvalue weighted by molar-refractivity contribution is -0.126. The smallest absolute Gasteiger partial charge is 0.239 e. The standard InChI is InChI=1S/C12H25N3O2/c1-4-6-8-15(3)10-12(17)14-9-11(16)13-7-5-2/h4-10H2,1-3H3,(H,13,16)(H,14,17). The number of carbonyl (C=O) groups excluding carboxylic acids is 2. The van der Waals surface area contributed by atoms with Crippen molar-refractivity contribution >= 4 is 11.8 Å². The topological polar surface area (TPSA) is 61.4 Å². The van der Waals surface area contributed by atoms with Crippen LogP contribution in [0.1, 0.15) is 33.1 Å². The highest BCUT2D eigenvalue weighted by Gasteiger charge is 2.07. The van der Waals surface area contributed by atoms with Crippen LogP contribution in [0, 0.1) is 0 Å². The number of rotatable bonds is 9. The molecule has 0 radical (unpaired) electrons. The minimum Gasteiger partial charge on any atom is -0.355 e. The van der Waals surface area contributed by atoms with Crippen LogP contribution in [0.5, 0.6) is 0 Å². The van der Waals surface area contributed by atoms with Crippen LogP contribution in [-0.4, -0.2) is 49.9 Å². The van der Waals surface area contributed by atoms with Crippen LogP contribution in [0.25, 0.3) is 0 Å². The SMILES string of the molecule is CCCCN(C)CC(=O)NCC(=O)NCCC. The Bertz CT molecular complexity index is 232. The first-order valence-corrected chi connectivity index (χ1v) is 6.32. The molecule has 5 nitrogen and oxygen atoms in total. The fourth-order valence-electron chi connectivity index (χ4n) is 1.31. The molecule has 0 aliphatic carbocycles. The molecule has 5 heteroatoms. The van der Waals surface area contributed by atoms with Crippen LogP contribution >= 0.6 is 0 Å². The second-order valence-corrected chi connectivity index (χ2v) is 4.22. The minimum atomic E-state index is -0.128. The Labute approximate surface area is 104 Å². The first-order chi connectivity index (χ1) is 8.10. The average molecular weight is 243 g/mol. The summed E-state index contributed by atoms with van der Waals surface area (Å²) in [4.78, 5) is 24.6. The number of likely N-dealkylation sites (N-methyl/N-ethyl adjacent to an activating group) is 1. The highest BCUT2D eigenvalue weighted by molar-refractivity contribution is 5.85. The number of nitrogens with zero attached hydrogens (tertiary/aromatic N) is 1. The van der Waals surface area contributed by atoms with Crippen molar-refractivity contribution < 1.29 is 9.59 Å². The van der Waals surface area contributed by atoms with Crippen molar-refractivity contribution in [2.24, 2.45) is 0 Å². The van der Waals surface area contributed by atoms with Gasteiger partial charge in [0.1, 0.15) is 0 Å². The van der Waals surface area contributed by atoms with Crippen molar-refractivity contribution in [1.29, 1.82) is 0 Å². The molecule has 0 saturated carbocycles. The van der Waals surface area contributed by atoms with Crippen molar-refractivity contribution in [3.8, 4) is 0 Å². The van der Waals surface area contributed by atoms with Gasteiger partial charge in [-0.15, -0.1) is 0 Å². The van der Waals surface area contributed by atoms with E-state index in [1.54, 1.807) is 0 Å². The predicted octanol–water partition coefficient (Wildman–Crippen LogP) is 0.361. The van der Waals surface area contributed by atoms with Crippen LogP contribution in [0.4, 0.5) is 0 Å². The van der Waals surface area contributed by atoms with Gasteiger partial charge in [-0.25, -0.2) is 0 Å². The molecule has 0 aliphatic heterocycles. The third-order valence-electron chi connectivity index (χ3n) is 2.33. The zero-order valence-electron chi connectivity index (χ0n) is 11.2. The molecule has 0 atom stereocenters. The number of unbranched alkanes of at least 4 members (excludes halogenated alkanes) is 1. The fraction of sp³-hybridized carbons (Fsp3) is 0.833. The van der Waals surface area contributed by atoms with Gasteiger partial charge >= 0.3 is 0 Å². The molecule has 0 bridgehead atoms. The van der Waals surface area contributed by atoms with Gasteiger partial charge in [-0.1, -0.05) is 20.3 Å². The second kappa shape index (κ2) is 10.1. The summed E-state index contributed by atoms with van der Waals surface area (Å²) in [6.45, 7) is 6.09. The van der Waals surface area contributed by atoms with E-state index in [2.05, 4.69) is 17.6 Å². The molecular weight excluding hydrogens is 218 g/mol. The Hall–Kier alpha value is -1.10. The van der Waals surface area contributed by atoms with Crippen LogP contribution in [0.3, 0.4) is 0 Å². The minimum absolute atomic E-state index is 0.0699. The summed E-state index contributed by atoms with van der Waals surface area (Å²) in [5.41, 5.74) is 0. The van der Waals surface area contributed by atoms with E-state index in [4.69, 9.17) is 0 Å². The fourth-order valence-corrected chi connectivity index (χ4v) is 1.31. The molecule has 100 valence electrons. The zero-order valence-corrected chi connectivity index (χ0v) is 11.2. The molecule has 0 aromatic carbocycles. The molecule has 0 aromatic heterocycles. The lowest BCUT2D eigenvalue weighted by Crippen LogP contribution is -2.41. The summed E-state index contributed by atoms with van der Waals surface area (Å²) in [5, 5.41) is 5.31. The van der Waals surface area contributed by atoms with E-state index >= 15 is 0 Å². The maximum atomic E-state index is 11.5. The van der Waals surface area contributed by atoms with Crippen molar-refractivity contribution in [2.75, 3.05) is 33.2 Å². The molecule has 2 N–H and O–H groups in total. The molecule has 0 heterocycles. The second-order valence-electron chi connectivity index (χ2n) is 4.22. The van der Waals surface area contributed by atoms with E-state index in [9.17, 15) is 9.59 Å². The Morgan fingerprint density at radius 3 is 2.35 bits per heavy atom. The lowest BCUT2D eigenvalue weighted by atomic mass is 10.3. The van der Waals surface area contributed by atoms with E-state index in [0.717, 1.165) is 25.8 Å². The quantitative estimate of drug-likeness (QED) is 0.615. The van der Waals surface area contributed by atoms with Crippen LogP contribution in [0.2, 0.25) is 0 Å². The van der Waals surface area contributed by atoms with Crippen LogP contribution < -0.4 is 10.6 Å². The molecule has 17 heavy (non-hydrogen) atoms. The third-order valence-corrected chi connectivity index (χ3v) is 2.33. The van der Waals surface area contributed by atoms with Gasteiger partial charge in [0.2, 0.25) is 11.8 Å². The predicted molar refractivity (Wildman–Crippen MR) is 68.7 cm³/mol. The van der Waals surface area contributed by atoms with E-state index in [0.29, 0.717) is 13.1 Å². The van der Waals surface area contributed by atoms with Gasteiger partial charge in [0, 0.05) is 6.54 Å². The first-order valence-electron chi connectivity index (χ1n) is 6.32. The summed E-state index contributed by atoms with van der Waals surface area (Å²) in [7, 11) is 1.91. The van der Waals surface area contributed by atoms with E-state index in [1.165, 1.54) is 0 Å². The molecule has 0 unspecified atom stereocenters. The Kier molecular flexibility index (Phi) is 9.43. The number of amides is 2. The molecule has 0 fully saturated rings. The average Bonchev–Trinajstić information content (AvgIpc) is 2.31. The third kappa shape index (κ3) is 9.81. The number of hydrogen-bond donors (Lipinski definition) is 2. The monoisotopic (exact) mass is 243 g/mol. The van der Waals surface area contributed by atoms with Crippen LogP contribution in [0.15, 0.2) is 0 Å². The summed E-state index contributed by atoms with van der Waals surface area (Å²) < 4.78 is 0. The number of carbonyl (C=O) groups is 2. The van der Waals surface area contributed by atoms with Crippen molar-refractivity contribution in [3.63, 3.8) is 0 Å². The van der Waals surface area contributed by atoms with Crippen molar-refractivity contribution in [1.82, 2.24) is 15.5 Å². The van der Waals surface area contributed by atoms with Gasteiger partial charge in [0.05, 0.1) is 13.1 Å². The zero-order chi connectivity index (χ0) is 13.1. The summed E-state index contributed by atoms with van der Waals surface area (Å²) >= 11 is 0. The normalized spacial score (nSPS) is 10.4. The number of nitrogens with one attached hydrogen (secondary N) is 2. The van der Waals surface area contributed by atoms with Gasteiger partial charge in [-0.2, -0.15) is 0 Å². The maximum Gasteiger partial charge on any atom is 0.239 e. The maximum absolute atomic E-state index is 11.5. The van der Waals surface area contributed by atoms with Crippen LogP contribution in [-0.2, 0) is 9.59 Å². The van der Waals surface area contributed by atoms with Gasteiger partial charge < -0.3 is 10.6 Å². The highest BCUT2D eigenvalue weighted by Crippen LogP contribution is 1.90. The first kappa shape index (κ1) is 15.9. The Morgan fingerprint density at radius 1 is 1.06 bits per heavy atom.